The third kappa shape index (κ3) is 4.67. The fourth-order valence-corrected chi connectivity index (χ4v) is 2.97. The number of carbonyl (C=O) groups is 1. The molecule has 1 amide bonds. The number of benzene rings is 2. The molecule has 0 radical (unpaired) electrons. The van der Waals surface area contributed by atoms with Crippen LogP contribution in [0.4, 0.5) is 0 Å². The zero-order valence-electron chi connectivity index (χ0n) is 14.4. The third-order valence-electron chi connectivity index (χ3n) is 4.33. The van der Waals surface area contributed by atoms with E-state index in [-0.39, 0.29) is 18.6 Å². The summed E-state index contributed by atoms with van der Waals surface area (Å²) in [5.74, 6) is 1.68. The van der Waals surface area contributed by atoms with Gasteiger partial charge < -0.3 is 14.8 Å². The fourth-order valence-electron chi connectivity index (χ4n) is 2.79. The number of nitrogens with one attached hydrogen (secondary N) is 1. The SMILES string of the molecule is COc1ccc(C(NC(=O)COc2cc(C)ccc2Cl)C2CC2)cc1. The van der Waals surface area contributed by atoms with Gasteiger partial charge in [0.2, 0.25) is 0 Å². The van der Waals surface area contributed by atoms with Crippen molar-refractivity contribution in [2.45, 2.75) is 25.8 Å². The van der Waals surface area contributed by atoms with E-state index in [1.54, 1.807) is 13.2 Å². The Bertz CT molecular complexity index is 741. The molecular formula is C20H22ClNO3. The minimum Gasteiger partial charge on any atom is -0.497 e. The van der Waals surface area contributed by atoms with Crippen molar-refractivity contribution in [3.63, 3.8) is 0 Å². The average Bonchev–Trinajstić information content (AvgIpc) is 3.45. The Morgan fingerprint density at radius 1 is 1.24 bits per heavy atom. The summed E-state index contributed by atoms with van der Waals surface area (Å²) in [4.78, 5) is 12.3. The predicted octanol–water partition coefficient (Wildman–Crippen LogP) is 4.30. The normalized spacial score (nSPS) is 14.7. The summed E-state index contributed by atoms with van der Waals surface area (Å²) in [5, 5.41) is 3.60. The van der Waals surface area contributed by atoms with Crippen molar-refractivity contribution in [2.75, 3.05) is 13.7 Å². The van der Waals surface area contributed by atoms with Crippen LogP contribution in [-0.2, 0) is 4.79 Å². The number of ether oxygens (including phenoxy) is 2. The molecular weight excluding hydrogens is 338 g/mol. The standard InChI is InChI=1S/C20H22ClNO3/c1-13-3-10-17(21)18(11-13)25-12-19(23)22-20(14-4-5-14)15-6-8-16(24-2)9-7-15/h3,6-11,14,20H,4-5,12H2,1-2H3,(H,22,23). The Hall–Kier alpha value is -2.20. The van der Waals surface area contributed by atoms with Gasteiger partial charge in [-0.15, -0.1) is 0 Å². The molecule has 1 atom stereocenters. The minimum atomic E-state index is -0.148. The van der Waals surface area contributed by atoms with Gasteiger partial charge in [0.1, 0.15) is 11.5 Å². The van der Waals surface area contributed by atoms with Crippen LogP contribution in [0.15, 0.2) is 42.5 Å². The molecule has 25 heavy (non-hydrogen) atoms. The lowest BCUT2D eigenvalue weighted by molar-refractivity contribution is -0.124. The summed E-state index contributed by atoms with van der Waals surface area (Å²) in [5.41, 5.74) is 2.12. The number of methoxy groups -OCH3 is 1. The van der Waals surface area contributed by atoms with E-state index < -0.39 is 0 Å². The molecule has 4 nitrogen and oxygen atoms in total. The van der Waals surface area contributed by atoms with E-state index >= 15 is 0 Å². The van der Waals surface area contributed by atoms with Crippen molar-refractivity contribution in [2.24, 2.45) is 5.92 Å². The molecule has 1 fully saturated rings. The van der Waals surface area contributed by atoms with E-state index in [0.29, 0.717) is 16.7 Å². The van der Waals surface area contributed by atoms with E-state index in [0.717, 1.165) is 29.7 Å². The first-order chi connectivity index (χ1) is 12.1. The molecule has 1 saturated carbocycles. The third-order valence-corrected chi connectivity index (χ3v) is 4.64. The molecule has 2 aromatic rings. The fraction of sp³-hybridized carbons (Fsp3) is 0.350. The molecule has 1 aliphatic carbocycles. The number of halogens is 1. The first-order valence-electron chi connectivity index (χ1n) is 8.39. The van der Waals surface area contributed by atoms with E-state index in [4.69, 9.17) is 21.1 Å². The molecule has 0 heterocycles. The first kappa shape index (κ1) is 17.6. The Morgan fingerprint density at radius 3 is 2.60 bits per heavy atom. The van der Waals surface area contributed by atoms with Crippen molar-refractivity contribution >= 4 is 17.5 Å². The topological polar surface area (TPSA) is 47.6 Å². The van der Waals surface area contributed by atoms with Crippen molar-refractivity contribution < 1.29 is 14.3 Å². The first-order valence-corrected chi connectivity index (χ1v) is 8.77. The second kappa shape index (κ2) is 7.79. The lowest BCUT2D eigenvalue weighted by Gasteiger charge is -2.19. The molecule has 0 spiro atoms. The van der Waals surface area contributed by atoms with Crippen LogP contribution >= 0.6 is 11.6 Å². The van der Waals surface area contributed by atoms with Gasteiger partial charge in [0.05, 0.1) is 18.2 Å². The van der Waals surface area contributed by atoms with E-state index in [2.05, 4.69) is 5.32 Å². The summed E-state index contributed by atoms with van der Waals surface area (Å²) in [6, 6.07) is 13.4. The molecule has 5 heteroatoms. The molecule has 1 N–H and O–H groups in total. The maximum absolute atomic E-state index is 12.3. The number of amides is 1. The summed E-state index contributed by atoms with van der Waals surface area (Å²) in [6.45, 7) is 1.90. The molecule has 2 aromatic carbocycles. The smallest absolute Gasteiger partial charge is 0.258 e. The highest BCUT2D eigenvalue weighted by atomic mass is 35.5. The molecule has 132 valence electrons. The Balaban J connectivity index is 1.62. The molecule has 1 unspecified atom stereocenters. The molecule has 3 rings (SSSR count). The van der Waals surface area contributed by atoms with E-state index in [1.807, 2.05) is 43.3 Å². The van der Waals surface area contributed by atoms with Gasteiger partial charge in [-0.3, -0.25) is 4.79 Å². The maximum Gasteiger partial charge on any atom is 0.258 e. The average molecular weight is 360 g/mol. The monoisotopic (exact) mass is 359 g/mol. The van der Waals surface area contributed by atoms with Crippen LogP contribution < -0.4 is 14.8 Å². The zero-order valence-corrected chi connectivity index (χ0v) is 15.2. The molecule has 0 saturated heterocycles. The molecule has 1 aliphatic rings. The number of carbonyl (C=O) groups excluding carboxylic acids is 1. The lowest BCUT2D eigenvalue weighted by Crippen LogP contribution is -2.33. The quantitative estimate of drug-likeness (QED) is 0.801. The highest BCUT2D eigenvalue weighted by molar-refractivity contribution is 6.32. The second-order valence-corrected chi connectivity index (χ2v) is 6.79. The number of hydrogen-bond acceptors (Lipinski definition) is 3. The van der Waals surface area contributed by atoms with Crippen molar-refractivity contribution in [1.29, 1.82) is 0 Å². The number of hydrogen-bond donors (Lipinski definition) is 1. The van der Waals surface area contributed by atoms with Crippen LogP contribution in [0.25, 0.3) is 0 Å². The van der Waals surface area contributed by atoms with Crippen molar-refractivity contribution in [1.82, 2.24) is 5.32 Å². The lowest BCUT2D eigenvalue weighted by atomic mass is 10.0. The highest BCUT2D eigenvalue weighted by Gasteiger charge is 2.33. The van der Waals surface area contributed by atoms with Crippen LogP contribution in [0.5, 0.6) is 11.5 Å². The highest BCUT2D eigenvalue weighted by Crippen LogP contribution is 2.41. The predicted molar refractivity (Wildman–Crippen MR) is 98.3 cm³/mol. The molecule has 0 aliphatic heterocycles. The van der Waals surface area contributed by atoms with Crippen LogP contribution in [0.2, 0.25) is 5.02 Å². The second-order valence-electron chi connectivity index (χ2n) is 6.38. The largest absolute Gasteiger partial charge is 0.497 e. The number of aryl methyl sites for hydroxylation is 1. The molecule has 0 aromatic heterocycles. The summed E-state index contributed by atoms with van der Waals surface area (Å²) in [6.07, 6.45) is 2.25. The van der Waals surface area contributed by atoms with Gasteiger partial charge >= 0.3 is 0 Å². The van der Waals surface area contributed by atoms with Gasteiger partial charge in [-0.2, -0.15) is 0 Å². The van der Waals surface area contributed by atoms with Gasteiger partial charge in [-0.05, 0) is 61.1 Å². The Labute approximate surface area is 153 Å². The van der Waals surface area contributed by atoms with Gasteiger partial charge in [0.25, 0.3) is 5.91 Å². The summed E-state index contributed by atoms with van der Waals surface area (Å²) < 4.78 is 10.8. The Kier molecular flexibility index (Phi) is 5.49. The summed E-state index contributed by atoms with van der Waals surface area (Å²) in [7, 11) is 1.64. The van der Waals surface area contributed by atoms with Gasteiger partial charge in [-0.25, -0.2) is 0 Å². The molecule has 0 bridgehead atoms. The van der Waals surface area contributed by atoms with Gasteiger partial charge in [0.15, 0.2) is 6.61 Å². The van der Waals surface area contributed by atoms with Crippen LogP contribution in [0.1, 0.15) is 30.0 Å². The number of rotatable bonds is 7. The van der Waals surface area contributed by atoms with E-state index in [9.17, 15) is 4.79 Å². The Morgan fingerprint density at radius 2 is 1.96 bits per heavy atom. The van der Waals surface area contributed by atoms with Crippen LogP contribution in [-0.4, -0.2) is 19.6 Å². The van der Waals surface area contributed by atoms with Crippen LogP contribution in [0, 0.1) is 12.8 Å². The van der Waals surface area contributed by atoms with Crippen molar-refractivity contribution in [3.8, 4) is 11.5 Å². The van der Waals surface area contributed by atoms with Crippen molar-refractivity contribution in [3.05, 3.63) is 58.6 Å². The summed E-state index contributed by atoms with van der Waals surface area (Å²) >= 11 is 6.10. The van der Waals surface area contributed by atoms with Gasteiger partial charge in [0, 0.05) is 0 Å². The van der Waals surface area contributed by atoms with E-state index in [1.165, 1.54) is 0 Å². The maximum atomic E-state index is 12.3. The van der Waals surface area contributed by atoms with Gasteiger partial charge in [-0.1, -0.05) is 29.8 Å². The minimum absolute atomic E-state index is 0.00925. The zero-order chi connectivity index (χ0) is 17.8. The van der Waals surface area contributed by atoms with Crippen LogP contribution in [0.3, 0.4) is 0 Å².